The number of hydrogen-bond donors (Lipinski definition) is 1. The summed E-state index contributed by atoms with van der Waals surface area (Å²) < 4.78 is 5.52. The molecule has 1 aliphatic rings. The third-order valence-electron chi connectivity index (χ3n) is 2.60. The maximum absolute atomic E-state index is 10.8. The molecule has 0 aromatic carbocycles. The summed E-state index contributed by atoms with van der Waals surface area (Å²) in [6, 6.07) is 1.39. The molecule has 0 spiro atoms. The fourth-order valence-corrected chi connectivity index (χ4v) is 1.80. The van der Waals surface area contributed by atoms with Gasteiger partial charge in [-0.25, -0.2) is 14.8 Å². The Balaban J connectivity index is 2.20. The average Bonchev–Trinajstić information content (AvgIpc) is 2.54. The molecule has 1 atom stereocenters. The van der Waals surface area contributed by atoms with Crippen molar-refractivity contribution in [2.75, 3.05) is 24.6 Å². The van der Waals surface area contributed by atoms with Crippen molar-refractivity contribution in [2.45, 2.75) is 19.4 Å². The normalized spacial score (nSPS) is 21.0. The molecule has 1 aromatic heterocycles. The largest absolute Gasteiger partial charge is 0.477 e. The number of anilines is 1. The molecule has 17 heavy (non-hydrogen) atoms. The summed E-state index contributed by atoms with van der Waals surface area (Å²) in [5.74, 6) is -0.574. The van der Waals surface area contributed by atoms with Crippen molar-refractivity contribution in [2.24, 2.45) is 0 Å². The zero-order valence-electron chi connectivity index (χ0n) is 9.67. The first kappa shape index (κ1) is 11.8. The molecule has 1 aromatic rings. The van der Waals surface area contributed by atoms with E-state index in [0.29, 0.717) is 12.5 Å². The van der Waals surface area contributed by atoms with E-state index in [1.54, 1.807) is 0 Å². The van der Waals surface area contributed by atoms with E-state index in [4.69, 9.17) is 9.84 Å². The van der Waals surface area contributed by atoms with Gasteiger partial charge in [0.25, 0.3) is 0 Å². The highest BCUT2D eigenvalue weighted by Gasteiger charge is 2.18. The van der Waals surface area contributed by atoms with Crippen LogP contribution in [0.25, 0.3) is 0 Å². The van der Waals surface area contributed by atoms with Crippen LogP contribution in [0.5, 0.6) is 0 Å². The molecule has 0 bridgehead atoms. The predicted octanol–water partition coefficient (Wildman–Crippen LogP) is 0.790. The van der Waals surface area contributed by atoms with Gasteiger partial charge in [-0.15, -0.1) is 0 Å². The number of aromatic nitrogens is 2. The Kier molecular flexibility index (Phi) is 3.53. The molecule has 6 nitrogen and oxygen atoms in total. The van der Waals surface area contributed by atoms with Crippen molar-refractivity contribution in [3.05, 3.63) is 18.0 Å². The van der Waals surface area contributed by atoms with Crippen molar-refractivity contribution in [1.82, 2.24) is 9.97 Å². The first-order valence-corrected chi connectivity index (χ1v) is 5.59. The number of hydrogen-bond acceptors (Lipinski definition) is 5. The summed E-state index contributed by atoms with van der Waals surface area (Å²) in [4.78, 5) is 20.9. The molecule has 1 fully saturated rings. The lowest BCUT2D eigenvalue weighted by Gasteiger charge is -2.21. The van der Waals surface area contributed by atoms with Gasteiger partial charge in [-0.2, -0.15) is 0 Å². The van der Waals surface area contributed by atoms with E-state index in [2.05, 4.69) is 9.97 Å². The quantitative estimate of drug-likeness (QED) is 0.819. The highest BCUT2D eigenvalue weighted by Crippen LogP contribution is 2.13. The molecule has 2 rings (SSSR count). The maximum Gasteiger partial charge on any atom is 0.354 e. The molecule has 2 heterocycles. The van der Waals surface area contributed by atoms with E-state index >= 15 is 0 Å². The highest BCUT2D eigenvalue weighted by atomic mass is 16.5. The van der Waals surface area contributed by atoms with Crippen molar-refractivity contribution in [1.29, 1.82) is 0 Å². The first-order valence-electron chi connectivity index (χ1n) is 5.59. The van der Waals surface area contributed by atoms with Crippen LogP contribution in [0, 0.1) is 0 Å². The minimum absolute atomic E-state index is 0.0211. The van der Waals surface area contributed by atoms with Crippen LogP contribution in [0.1, 0.15) is 23.8 Å². The topological polar surface area (TPSA) is 75.6 Å². The first-order chi connectivity index (χ1) is 8.16. The summed E-state index contributed by atoms with van der Waals surface area (Å²) in [6.45, 7) is 4.17. The second kappa shape index (κ2) is 5.09. The van der Waals surface area contributed by atoms with E-state index in [9.17, 15) is 4.79 Å². The van der Waals surface area contributed by atoms with Gasteiger partial charge >= 0.3 is 5.97 Å². The molecule has 0 saturated carbocycles. The lowest BCUT2D eigenvalue weighted by molar-refractivity contribution is 0.0690. The molecule has 1 saturated heterocycles. The Hall–Kier alpha value is -1.69. The smallest absolute Gasteiger partial charge is 0.354 e. The van der Waals surface area contributed by atoms with E-state index < -0.39 is 5.97 Å². The molecule has 92 valence electrons. The summed E-state index contributed by atoms with van der Waals surface area (Å²) in [5, 5.41) is 8.88. The molecule has 0 radical (unpaired) electrons. The third-order valence-corrected chi connectivity index (χ3v) is 2.60. The molecular weight excluding hydrogens is 222 g/mol. The monoisotopic (exact) mass is 237 g/mol. The van der Waals surface area contributed by atoms with E-state index in [0.717, 1.165) is 19.6 Å². The minimum atomic E-state index is -1.03. The van der Waals surface area contributed by atoms with Crippen LogP contribution in [0.4, 0.5) is 5.95 Å². The van der Waals surface area contributed by atoms with Gasteiger partial charge in [0.15, 0.2) is 5.69 Å². The van der Waals surface area contributed by atoms with E-state index in [1.165, 1.54) is 12.3 Å². The highest BCUT2D eigenvalue weighted by molar-refractivity contribution is 5.85. The van der Waals surface area contributed by atoms with Crippen LogP contribution >= 0.6 is 0 Å². The molecule has 0 amide bonds. The van der Waals surface area contributed by atoms with Gasteiger partial charge in [-0.1, -0.05) is 0 Å². The molecule has 6 heteroatoms. The second-order valence-corrected chi connectivity index (χ2v) is 4.03. The Labute approximate surface area is 99.2 Å². The number of aromatic carboxylic acids is 1. The van der Waals surface area contributed by atoms with Crippen LogP contribution in [0.15, 0.2) is 12.3 Å². The number of ether oxygens (including phenoxy) is 1. The standard InChI is InChI=1S/C11H15N3O3/c1-8-7-14(5-2-6-17-8)11-12-4-3-9(13-11)10(15)16/h3-4,8H,2,5-7H2,1H3,(H,15,16). The fraction of sp³-hybridized carbons (Fsp3) is 0.545. The van der Waals surface area contributed by atoms with E-state index in [-0.39, 0.29) is 11.8 Å². The summed E-state index contributed by atoms with van der Waals surface area (Å²) in [6.07, 6.45) is 2.47. The van der Waals surface area contributed by atoms with Gasteiger partial charge in [-0.3, -0.25) is 0 Å². The Morgan fingerprint density at radius 1 is 1.65 bits per heavy atom. The summed E-state index contributed by atoms with van der Waals surface area (Å²) >= 11 is 0. The zero-order valence-corrected chi connectivity index (χ0v) is 9.67. The lowest BCUT2D eigenvalue weighted by Crippen LogP contribution is -2.31. The van der Waals surface area contributed by atoms with Crippen LogP contribution in [0.2, 0.25) is 0 Å². The Bertz CT molecular complexity index is 411. The van der Waals surface area contributed by atoms with Crippen molar-refractivity contribution >= 4 is 11.9 Å². The van der Waals surface area contributed by atoms with Crippen LogP contribution in [-0.4, -0.2) is 46.8 Å². The molecule has 1 N–H and O–H groups in total. The van der Waals surface area contributed by atoms with Gasteiger partial charge in [-0.05, 0) is 19.4 Å². The van der Waals surface area contributed by atoms with Crippen molar-refractivity contribution in [3.8, 4) is 0 Å². The predicted molar refractivity (Wildman–Crippen MR) is 61.2 cm³/mol. The van der Waals surface area contributed by atoms with Crippen LogP contribution < -0.4 is 4.90 Å². The van der Waals surface area contributed by atoms with Gasteiger partial charge in [0.05, 0.1) is 6.10 Å². The van der Waals surface area contributed by atoms with Gasteiger partial charge < -0.3 is 14.7 Å². The summed E-state index contributed by atoms with van der Waals surface area (Å²) in [5.41, 5.74) is 0.0211. The number of carboxylic acid groups (broad SMARTS) is 1. The number of carboxylic acids is 1. The summed E-state index contributed by atoms with van der Waals surface area (Å²) in [7, 11) is 0. The minimum Gasteiger partial charge on any atom is -0.477 e. The number of rotatable bonds is 2. The number of nitrogens with zero attached hydrogens (tertiary/aromatic N) is 3. The van der Waals surface area contributed by atoms with Crippen LogP contribution in [-0.2, 0) is 4.74 Å². The number of carbonyl (C=O) groups is 1. The lowest BCUT2D eigenvalue weighted by atomic mass is 10.3. The maximum atomic E-state index is 10.8. The van der Waals surface area contributed by atoms with Gasteiger partial charge in [0.1, 0.15) is 0 Å². The van der Waals surface area contributed by atoms with Gasteiger partial charge in [0, 0.05) is 25.9 Å². The molecule has 1 unspecified atom stereocenters. The average molecular weight is 237 g/mol. The SMILES string of the molecule is CC1CN(c2nccc(C(=O)O)n2)CCCO1. The fourth-order valence-electron chi connectivity index (χ4n) is 1.80. The Morgan fingerprint density at radius 2 is 2.47 bits per heavy atom. The van der Waals surface area contributed by atoms with Crippen molar-refractivity contribution in [3.63, 3.8) is 0 Å². The third kappa shape index (κ3) is 2.91. The Morgan fingerprint density at radius 3 is 3.24 bits per heavy atom. The van der Waals surface area contributed by atoms with Gasteiger partial charge in [0.2, 0.25) is 5.95 Å². The zero-order chi connectivity index (χ0) is 12.3. The molecular formula is C11H15N3O3. The second-order valence-electron chi connectivity index (χ2n) is 4.03. The molecule has 1 aliphatic heterocycles. The molecule has 0 aliphatic carbocycles. The van der Waals surface area contributed by atoms with Crippen molar-refractivity contribution < 1.29 is 14.6 Å². The van der Waals surface area contributed by atoms with E-state index in [1.807, 2.05) is 11.8 Å². The van der Waals surface area contributed by atoms with Crippen LogP contribution in [0.3, 0.4) is 0 Å².